The van der Waals surface area contributed by atoms with Gasteiger partial charge in [-0.2, -0.15) is 0 Å². The number of carbonyl (C=O) groups is 1. The van der Waals surface area contributed by atoms with Gasteiger partial charge in [0.15, 0.2) is 0 Å². The van der Waals surface area contributed by atoms with Gasteiger partial charge < -0.3 is 15.2 Å². The number of thioether (sulfide) groups is 1. The molecule has 1 N–H and O–H groups in total. The Morgan fingerprint density at radius 1 is 1.42 bits per heavy atom. The first-order valence-corrected chi connectivity index (χ1v) is 7.31. The molecule has 0 saturated heterocycles. The monoisotopic (exact) mass is 289 g/mol. The summed E-state index contributed by atoms with van der Waals surface area (Å²) in [4.78, 5) is 12.1. The number of rotatable bonds is 8. The molecule has 0 bridgehead atoms. The van der Waals surface area contributed by atoms with E-state index in [1.165, 1.54) is 4.90 Å². The second-order valence-corrected chi connectivity index (χ2v) is 5.46. The minimum Gasteiger partial charge on any atom is -0.548 e. The van der Waals surface area contributed by atoms with Crippen LogP contribution < -0.4 is 40.0 Å². The maximum absolute atomic E-state index is 10.9. The SMILES string of the molecule is CCCC(NCc1cccc(SCC)c1)C(=O)[O-].[Na+]. The van der Waals surface area contributed by atoms with Gasteiger partial charge in [0.05, 0.1) is 5.97 Å². The van der Waals surface area contributed by atoms with Crippen molar-refractivity contribution in [2.75, 3.05) is 5.75 Å². The quantitative estimate of drug-likeness (QED) is 0.483. The fraction of sp³-hybridized carbons (Fsp3) is 0.500. The number of hydrogen-bond acceptors (Lipinski definition) is 4. The molecule has 0 aliphatic rings. The Morgan fingerprint density at radius 3 is 2.74 bits per heavy atom. The Labute approximate surface area is 141 Å². The van der Waals surface area contributed by atoms with Crippen LogP contribution in [0.5, 0.6) is 0 Å². The zero-order valence-electron chi connectivity index (χ0n) is 11.9. The zero-order valence-corrected chi connectivity index (χ0v) is 14.8. The van der Waals surface area contributed by atoms with Crippen molar-refractivity contribution in [3.8, 4) is 0 Å². The molecule has 1 atom stereocenters. The van der Waals surface area contributed by atoms with Gasteiger partial charge in [0.1, 0.15) is 0 Å². The molecule has 1 unspecified atom stereocenters. The smallest absolute Gasteiger partial charge is 0.548 e. The van der Waals surface area contributed by atoms with E-state index in [9.17, 15) is 9.90 Å². The number of hydrogen-bond donors (Lipinski definition) is 1. The third-order valence-electron chi connectivity index (χ3n) is 2.62. The van der Waals surface area contributed by atoms with Crippen molar-refractivity contribution in [2.24, 2.45) is 0 Å². The van der Waals surface area contributed by atoms with Crippen LogP contribution in [0.2, 0.25) is 0 Å². The summed E-state index contributed by atoms with van der Waals surface area (Å²) < 4.78 is 0. The molecule has 0 radical (unpaired) electrons. The summed E-state index contributed by atoms with van der Waals surface area (Å²) >= 11 is 1.78. The van der Waals surface area contributed by atoms with Gasteiger partial charge in [-0.3, -0.25) is 0 Å². The normalized spacial score (nSPS) is 11.7. The van der Waals surface area contributed by atoms with Crippen LogP contribution in [0.4, 0.5) is 0 Å². The Morgan fingerprint density at radius 2 is 2.16 bits per heavy atom. The van der Waals surface area contributed by atoms with E-state index in [0.717, 1.165) is 17.7 Å². The van der Waals surface area contributed by atoms with Crippen LogP contribution in [-0.2, 0) is 11.3 Å². The van der Waals surface area contributed by atoms with Crippen molar-refractivity contribution in [3.63, 3.8) is 0 Å². The zero-order chi connectivity index (χ0) is 13.4. The van der Waals surface area contributed by atoms with E-state index in [2.05, 4.69) is 24.4 Å². The molecule has 1 aromatic rings. The van der Waals surface area contributed by atoms with Gasteiger partial charge >= 0.3 is 29.6 Å². The summed E-state index contributed by atoms with van der Waals surface area (Å²) in [6.45, 7) is 4.65. The average Bonchev–Trinajstić information content (AvgIpc) is 2.35. The summed E-state index contributed by atoms with van der Waals surface area (Å²) in [5.41, 5.74) is 1.11. The molecule has 0 amide bonds. The second-order valence-electron chi connectivity index (χ2n) is 4.12. The molecule has 0 aliphatic heterocycles. The fourth-order valence-corrected chi connectivity index (χ4v) is 2.49. The molecule has 0 aliphatic carbocycles. The number of carbonyl (C=O) groups excluding carboxylic acids is 1. The number of nitrogens with one attached hydrogen (secondary N) is 1. The third-order valence-corrected chi connectivity index (χ3v) is 3.50. The molecule has 5 heteroatoms. The van der Waals surface area contributed by atoms with E-state index < -0.39 is 12.0 Å². The first-order chi connectivity index (χ1) is 8.67. The van der Waals surface area contributed by atoms with Gasteiger partial charge in [0.2, 0.25) is 0 Å². The Bertz CT molecular complexity index is 387. The molecule has 0 aromatic heterocycles. The summed E-state index contributed by atoms with van der Waals surface area (Å²) in [6.07, 6.45) is 1.43. The largest absolute Gasteiger partial charge is 1.00 e. The van der Waals surface area contributed by atoms with E-state index in [4.69, 9.17) is 0 Å². The predicted octanol–water partition coefficient (Wildman–Crippen LogP) is -1.19. The van der Waals surface area contributed by atoms with Gasteiger partial charge in [-0.1, -0.05) is 32.4 Å². The molecule has 0 fully saturated rings. The van der Waals surface area contributed by atoms with Crippen LogP contribution in [0, 0.1) is 0 Å². The summed E-state index contributed by atoms with van der Waals surface area (Å²) in [5, 5.41) is 13.9. The number of aliphatic carboxylic acids is 1. The van der Waals surface area contributed by atoms with Gasteiger partial charge in [0.25, 0.3) is 0 Å². The Kier molecular flexibility index (Phi) is 10.7. The average molecular weight is 289 g/mol. The van der Waals surface area contributed by atoms with E-state index in [0.29, 0.717) is 13.0 Å². The predicted molar refractivity (Wildman–Crippen MR) is 73.4 cm³/mol. The molecular formula is C14H20NNaO2S. The Hall–Kier alpha value is 0. The first-order valence-electron chi connectivity index (χ1n) is 6.33. The molecule has 3 nitrogen and oxygen atoms in total. The first kappa shape index (κ1) is 19.0. The second kappa shape index (κ2) is 10.7. The maximum Gasteiger partial charge on any atom is 1.00 e. The number of carboxylic acids is 1. The van der Waals surface area contributed by atoms with Crippen LogP contribution >= 0.6 is 11.8 Å². The topological polar surface area (TPSA) is 52.2 Å². The Balaban J connectivity index is 0.00000324. The number of benzene rings is 1. The minimum atomic E-state index is -1.02. The molecule has 0 spiro atoms. The van der Waals surface area contributed by atoms with E-state index in [1.807, 2.05) is 19.1 Å². The molecule has 1 rings (SSSR count). The van der Waals surface area contributed by atoms with Crippen LogP contribution in [0.1, 0.15) is 32.3 Å². The van der Waals surface area contributed by atoms with Gasteiger partial charge in [-0.25, -0.2) is 0 Å². The molecule has 100 valence electrons. The van der Waals surface area contributed by atoms with Crippen molar-refractivity contribution in [1.29, 1.82) is 0 Å². The van der Waals surface area contributed by atoms with E-state index in [1.54, 1.807) is 11.8 Å². The molecule has 0 heterocycles. The van der Waals surface area contributed by atoms with Crippen molar-refractivity contribution in [2.45, 2.75) is 44.2 Å². The molecule has 1 aromatic carbocycles. The van der Waals surface area contributed by atoms with Gasteiger partial charge in [0, 0.05) is 17.5 Å². The molecule has 0 saturated carbocycles. The van der Waals surface area contributed by atoms with Crippen LogP contribution in [0.25, 0.3) is 0 Å². The van der Waals surface area contributed by atoms with Crippen LogP contribution in [-0.4, -0.2) is 17.8 Å². The van der Waals surface area contributed by atoms with Crippen molar-refractivity contribution >= 4 is 17.7 Å². The molecular weight excluding hydrogens is 269 g/mol. The van der Waals surface area contributed by atoms with Crippen LogP contribution in [0.15, 0.2) is 29.2 Å². The van der Waals surface area contributed by atoms with Gasteiger partial charge in [-0.05, 0) is 29.9 Å². The standard InChI is InChI=1S/C14H21NO2S.Na/c1-3-6-13(14(16)17)15-10-11-7-5-8-12(9-11)18-4-2;/h5,7-9,13,15H,3-4,6,10H2,1-2H3,(H,16,17);/q;+1/p-1. The number of carboxylic acid groups (broad SMARTS) is 1. The van der Waals surface area contributed by atoms with E-state index >= 15 is 0 Å². The fourth-order valence-electron chi connectivity index (χ4n) is 1.74. The summed E-state index contributed by atoms with van der Waals surface area (Å²) in [5.74, 6) is 0.0184. The summed E-state index contributed by atoms with van der Waals surface area (Å²) in [6, 6.07) is 7.62. The molecule has 19 heavy (non-hydrogen) atoms. The minimum absolute atomic E-state index is 0. The van der Waals surface area contributed by atoms with Crippen molar-refractivity contribution in [3.05, 3.63) is 29.8 Å². The maximum atomic E-state index is 10.9. The van der Waals surface area contributed by atoms with Gasteiger partial charge in [-0.15, -0.1) is 11.8 Å². The van der Waals surface area contributed by atoms with E-state index in [-0.39, 0.29) is 29.6 Å². The third kappa shape index (κ3) is 7.37. The van der Waals surface area contributed by atoms with Crippen LogP contribution in [0.3, 0.4) is 0 Å². The van der Waals surface area contributed by atoms with Crippen molar-refractivity contribution in [1.82, 2.24) is 5.32 Å². The van der Waals surface area contributed by atoms with Crippen molar-refractivity contribution < 1.29 is 39.5 Å². The summed E-state index contributed by atoms with van der Waals surface area (Å²) in [7, 11) is 0.